The maximum absolute atomic E-state index is 11.8. The Morgan fingerprint density at radius 2 is 1.41 bits per heavy atom. The van der Waals surface area contributed by atoms with Gasteiger partial charge in [-0.05, 0) is 12.8 Å². The van der Waals surface area contributed by atoms with Gasteiger partial charge in [0.15, 0.2) is 12.6 Å². The average Bonchev–Trinajstić information content (AvgIpc) is 2.81. The highest BCUT2D eigenvalue weighted by Crippen LogP contribution is 2.33. The zero-order valence-corrected chi connectivity index (χ0v) is 23.1. The smallest absolute Gasteiger partial charge is 0.397 e. The summed E-state index contributed by atoms with van der Waals surface area (Å²) >= 11 is 0. The fourth-order valence-corrected chi connectivity index (χ4v) is 4.85. The van der Waals surface area contributed by atoms with E-state index in [0.29, 0.717) is 0 Å². The van der Waals surface area contributed by atoms with Crippen LogP contribution in [-0.2, 0) is 62.7 Å². The van der Waals surface area contributed by atoms with Gasteiger partial charge in [-0.2, -0.15) is 8.42 Å². The molecule has 0 amide bonds. The summed E-state index contributed by atoms with van der Waals surface area (Å²) in [6.07, 6.45) is -18.4. The van der Waals surface area contributed by atoms with Crippen LogP contribution in [0.15, 0.2) is 4.99 Å². The van der Waals surface area contributed by atoms with Crippen molar-refractivity contribution in [2.45, 2.75) is 68.3 Å². The van der Waals surface area contributed by atoms with Crippen LogP contribution < -0.4 is 10.8 Å². The van der Waals surface area contributed by atoms with Crippen molar-refractivity contribution >= 4 is 37.1 Å². The van der Waals surface area contributed by atoms with Gasteiger partial charge in [-0.25, -0.2) is 21.0 Å². The molecule has 2 saturated heterocycles. The molecule has 242 valence electrons. The van der Waals surface area contributed by atoms with Crippen molar-refractivity contribution < 1.29 is 90.8 Å². The van der Waals surface area contributed by atoms with E-state index >= 15 is 0 Å². The van der Waals surface area contributed by atoms with Crippen LogP contribution in [0, 0.1) is 0 Å². The Kier molecular flexibility index (Phi) is 12.7. The van der Waals surface area contributed by atoms with E-state index in [9.17, 15) is 59.3 Å². The minimum absolute atomic E-state index is 0.0944. The van der Waals surface area contributed by atoms with E-state index in [1.165, 1.54) is 0 Å². The van der Waals surface area contributed by atoms with E-state index in [4.69, 9.17) is 24.7 Å². The molecule has 2 heterocycles. The van der Waals surface area contributed by atoms with Gasteiger partial charge in [0.1, 0.15) is 48.8 Å². The first kappa shape index (κ1) is 36.0. The molecular formula is C16H27N2O20S3-3. The van der Waals surface area contributed by atoms with Gasteiger partial charge in [0.05, 0.1) is 19.8 Å². The highest BCUT2D eigenvalue weighted by atomic mass is 32.3. The Hall–Kier alpha value is -1.24. The molecule has 0 aromatic carbocycles. The first-order chi connectivity index (χ1) is 18.7. The molecule has 0 aliphatic carbocycles. The van der Waals surface area contributed by atoms with E-state index < -0.39 is 112 Å². The van der Waals surface area contributed by atoms with Gasteiger partial charge in [0.2, 0.25) is 20.8 Å². The summed E-state index contributed by atoms with van der Waals surface area (Å²) in [5.74, 6) is -1.08. The van der Waals surface area contributed by atoms with Crippen molar-refractivity contribution in [1.29, 1.82) is 0 Å². The molecule has 0 aromatic heterocycles. The first-order valence-electron chi connectivity index (χ1n) is 11.1. The van der Waals surface area contributed by atoms with Crippen molar-refractivity contribution in [2.75, 3.05) is 26.4 Å². The number of ether oxygens (including phenoxy) is 4. The van der Waals surface area contributed by atoms with Crippen LogP contribution in [0.5, 0.6) is 0 Å². The van der Waals surface area contributed by atoms with Crippen molar-refractivity contribution in [1.82, 2.24) is 0 Å². The average molecular weight is 664 g/mol. The van der Waals surface area contributed by atoms with Crippen molar-refractivity contribution in [3.05, 3.63) is 0 Å². The third-order valence-electron chi connectivity index (χ3n) is 5.29. The molecule has 41 heavy (non-hydrogen) atoms. The lowest BCUT2D eigenvalue weighted by atomic mass is 9.96. The predicted octanol–water partition coefficient (Wildman–Crippen LogP) is -6.83. The number of hydrogen-bond acceptors (Lipinski definition) is 21. The molecule has 10 atom stereocenters. The summed E-state index contributed by atoms with van der Waals surface area (Å²) in [6.45, 7) is -1.99. The van der Waals surface area contributed by atoms with Crippen LogP contribution in [0.25, 0.3) is 0 Å². The second kappa shape index (κ2) is 14.5. The fourth-order valence-electron chi connectivity index (χ4n) is 3.74. The van der Waals surface area contributed by atoms with Gasteiger partial charge in [-0.15, -0.1) is 0 Å². The highest BCUT2D eigenvalue weighted by Gasteiger charge is 2.53. The monoisotopic (exact) mass is 663 g/mol. The summed E-state index contributed by atoms with van der Waals surface area (Å²) in [5.41, 5.74) is 5.31. The summed E-state index contributed by atoms with van der Waals surface area (Å²) in [7, 11) is -16.2. The molecule has 2 fully saturated rings. The lowest BCUT2D eigenvalue weighted by molar-refractivity contribution is -0.343. The van der Waals surface area contributed by atoms with E-state index in [1.54, 1.807) is 0 Å². The highest BCUT2D eigenvalue weighted by molar-refractivity contribution is 7.81. The van der Waals surface area contributed by atoms with E-state index in [2.05, 4.69) is 17.5 Å². The minimum Gasteiger partial charge on any atom is -0.862 e. The Labute approximate surface area is 233 Å². The molecule has 0 radical (unpaired) electrons. The molecule has 22 nitrogen and oxygen atoms in total. The van der Waals surface area contributed by atoms with Gasteiger partial charge in [0, 0.05) is 6.54 Å². The molecule has 25 heteroatoms. The number of hydrogen-bond donors (Lipinski definition) is 5. The standard InChI is InChI=1S/C16H30N2O20S3/c1-6(19)18-9-14(38-41(29,30)31)10(20)7(4-33-39(23,24)25)35-15(9)37-13-8(5-34-40(26,27)28)36-16(32-3-2-17)12(22)11(13)21/h7-16,20-22H,2-5,17H2,1H3,(H,18,19)(H,23,24,25)(H,26,27,28)(H,29,30,31)/p-3/t7-,8-,9-,10-,11-,12-,13-,14-,15-,16-/m1/s1. The van der Waals surface area contributed by atoms with Gasteiger partial charge >= 0.3 is 10.4 Å². The van der Waals surface area contributed by atoms with Crippen LogP contribution in [0.1, 0.15) is 6.92 Å². The number of aliphatic imine (C=N–C) groups is 1. The minimum atomic E-state index is -5.45. The Morgan fingerprint density at radius 1 is 0.878 bits per heavy atom. The summed E-state index contributed by atoms with van der Waals surface area (Å²) in [5, 5.41) is 43.5. The van der Waals surface area contributed by atoms with Gasteiger partial charge in [-0.1, -0.05) is 0 Å². The first-order valence-corrected chi connectivity index (χ1v) is 15.2. The van der Waals surface area contributed by atoms with E-state index in [0.717, 1.165) is 6.92 Å². The number of nitrogens with two attached hydrogens (primary N) is 1. The predicted molar refractivity (Wildman–Crippen MR) is 120 cm³/mol. The number of aliphatic hydroxyl groups excluding tert-OH is 3. The SMILES string of the molecule is CC([O-])=N[C@H]1[C@@H](O[C@H]2[C@H](O)[C@@H](O)[C@H](OCCN)O[C@@H]2COS(=O)(=O)[O-])O[C@H](COS(=O)(=O)[O-])[C@@H](O)[C@@H]1OS(=O)(=O)O. The quantitative estimate of drug-likeness (QED) is 0.0498. The van der Waals surface area contributed by atoms with Gasteiger partial charge < -0.3 is 54.2 Å². The normalized spacial score (nSPS) is 35.9. The topological polar surface area (TPSA) is 356 Å². The Morgan fingerprint density at radius 3 is 1.90 bits per heavy atom. The largest absolute Gasteiger partial charge is 0.862 e. The maximum Gasteiger partial charge on any atom is 0.397 e. The maximum atomic E-state index is 11.8. The lowest BCUT2D eigenvalue weighted by Gasteiger charge is -2.47. The molecule has 2 aliphatic rings. The zero-order valence-electron chi connectivity index (χ0n) is 20.7. The Balaban J connectivity index is 2.51. The second-order valence-electron chi connectivity index (χ2n) is 8.33. The summed E-state index contributed by atoms with van der Waals surface area (Å²) < 4.78 is 132. The molecule has 0 spiro atoms. The lowest BCUT2D eigenvalue weighted by Crippen LogP contribution is -2.65. The summed E-state index contributed by atoms with van der Waals surface area (Å²) in [4.78, 5) is 3.48. The van der Waals surface area contributed by atoms with Crippen molar-refractivity contribution in [2.24, 2.45) is 10.7 Å². The van der Waals surface area contributed by atoms with Crippen LogP contribution in [-0.4, -0.2) is 148 Å². The zero-order chi connectivity index (χ0) is 31.3. The van der Waals surface area contributed by atoms with Crippen LogP contribution in [0.4, 0.5) is 0 Å². The number of aliphatic hydroxyl groups is 3. The van der Waals surface area contributed by atoms with Crippen molar-refractivity contribution in [3.63, 3.8) is 0 Å². The molecular weight excluding hydrogens is 636 g/mol. The van der Waals surface area contributed by atoms with Gasteiger partial charge in [0.25, 0.3) is 0 Å². The molecule has 0 aromatic rings. The van der Waals surface area contributed by atoms with Crippen LogP contribution in [0.2, 0.25) is 0 Å². The fraction of sp³-hybridized carbons (Fsp3) is 0.938. The number of rotatable bonds is 14. The second-order valence-corrected chi connectivity index (χ2v) is 11.5. The van der Waals surface area contributed by atoms with Gasteiger partial charge in [-0.3, -0.25) is 17.9 Å². The third kappa shape index (κ3) is 11.4. The molecule has 0 unspecified atom stereocenters. The molecule has 2 rings (SSSR count). The van der Waals surface area contributed by atoms with Crippen LogP contribution in [0.3, 0.4) is 0 Å². The van der Waals surface area contributed by atoms with E-state index in [1.807, 2.05) is 0 Å². The van der Waals surface area contributed by atoms with Crippen LogP contribution >= 0.6 is 0 Å². The number of nitrogens with zero attached hydrogens (tertiary/aromatic N) is 1. The van der Waals surface area contributed by atoms with E-state index in [-0.39, 0.29) is 13.2 Å². The van der Waals surface area contributed by atoms with Crippen molar-refractivity contribution in [3.8, 4) is 0 Å². The summed E-state index contributed by atoms with van der Waals surface area (Å²) in [6, 6.07) is -2.06. The molecule has 6 N–H and O–H groups in total. The molecule has 0 bridgehead atoms. The Bertz CT molecular complexity index is 1210. The molecule has 2 aliphatic heterocycles. The molecule has 0 saturated carbocycles. The third-order valence-corrected chi connectivity index (χ3v) is 6.61.